The molecule has 2 heterocycles. The topological polar surface area (TPSA) is 101 Å². The van der Waals surface area contributed by atoms with Gasteiger partial charge in [0.1, 0.15) is 0 Å². The summed E-state index contributed by atoms with van der Waals surface area (Å²) < 4.78 is 2.10. The fourth-order valence-electron chi connectivity index (χ4n) is 3.74. The highest BCUT2D eigenvalue weighted by atomic mass is 35.5. The molecule has 0 saturated carbocycles. The lowest BCUT2D eigenvalue weighted by atomic mass is 10.0. The van der Waals surface area contributed by atoms with Crippen LogP contribution in [0.3, 0.4) is 0 Å². The van der Waals surface area contributed by atoms with E-state index < -0.39 is 18.1 Å². The minimum Gasteiger partial charge on any atom is -0.368 e. The fraction of sp³-hybridized carbons (Fsp3) is 0.333. The lowest BCUT2D eigenvalue weighted by Crippen LogP contribution is -2.14. The largest absolute Gasteiger partial charge is 0.368 e. The van der Waals surface area contributed by atoms with Crippen molar-refractivity contribution < 1.29 is 15.0 Å². The quantitative estimate of drug-likeness (QED) is 0.412. The molecule has 3 aromatic rings. The van der Waals surface area contributed by atoms with Crippen LogP contribution in [0.1, 0.15) is 65.3 Å². The summed E-state index contributed by atoms with van der Waals surface area (Å²) in [5, 5.41) is 20.6. The van der Waals surface area contributed by atoms with Gasteiger partial charge in [-0.05, 0) is 59.9 Å². The number of aliphatic hydroxyl groups is 2. The van der Waals surface area contributed by atoms with Gasteiger partial charge in [0, 0.05) is 40.5 Å². The van der Waals surface area contributed by atoms with Gasteiger partial charge in [-0.2, -0.15) is 0 Å². The molecule has 0 unspecified atom stereocenters. The number of rotatable bonds is 8. The van der Waals surface area contributed by atoms with Gasteiger partial charge >= 0.3 is 0 Å². The average molecular weight is 474 g/mol. The highest BCUT2D eigenvalue weighted by molar-refractivity contribution is 7.99. The molecule has 1 atom stereocenters. The molecule has 0 saturated heterocycles. The van der Waals surface area contributed by atoms with Crippen LogP contribution in [0.4, 0.5) is 0 Å². The van der Waals surface area contributed by atoms with E-state index in [9.17, 15) is 15.0 Å². The normalized spacial score (nSPS) is 12.5. The Hall–Kier alpha value is -2.32. The molecule has 8 heteroatoms. The molecule has 2 aromatic heterocycles. The molecule has 1 amide bonds. The SMILES string of the molecule is Cc1c(C(N)=O)c(C(C)C)c(Sc2cc(Cl)cc([C@@H](C)C(O)O)c2)n1Cc1ccncc1. The number of aromatic nitrogens is 2. The Labute approximate surface area is 197 Å². The smallest absolute Gasteiger partial charge is 0.250 e. The molecular formula is C24H28ClN3O3S. The van der Waals surface area contributed by atoms with Gasteiger partial charge in [0.2, 0.25) is 0 Å². The van der Waals surface area contributed by atoms with Crippen molar-refractivity contribution in [3.05, 3.63) is 75.7 Å². The molecule has 0 fully saturated rings. The Bertz CT molecular complexity index is 1110. The van der Waals surface area contributed by atoms with E-state index in [0.29, 0.717) is 17.1 Å². The maximum Gasteiger partial charge on any atom is 0.250 e. The number of carbonyl (C=O) groups is 1. The van der Waals surface area contributed by atoms with Crippen LogP contribution >= 0.6 is 23.4 Å². The van der Waals surface area contributed by atoms with Gasteiger partial charge in [-0.1, -0.05) is 44.1 Å². The number of halogens is 1. The second kappa shape index (κ2) is 10.1. The first-order chi connectivity index (χ1) is 15.1. The van der Waals surface area contributed by atoms with E-state index in [1.807, 2.05) is 45.0 Å². The van der Waals surface area contributed by atoms with E-state index >= 15 is 0 Å². The number of amides is 1. The zero-order valence-electron chi connectivity index (χ0n) is 18.5. The van der Waals surface area contributed by atoms with Crippen LogP contribution < -0.4 is 5.73 Å². The molecule has 32 heavy (non-hydrogen) atoms. The number of aliphatic hydroxyl groups excluding tert-OH is 1. The molecule has 0 aliphatic carbocycles. The van der Waals surface area contributed by atoms with Gasteiger partial charge in [-0.15, -0.1) is 0 Å². The number of primary amides is 1. The van der Waals surface area contributed by atoms with Gasteiger partial charge < -0.3 is 20.5 Å². The second-order valence-corrected chi connectivity index (χ2v) is 9.66. The van der Waals surface area contributed by atoms with Crippen LogP contribution in [0.25, 0.3) is 0 Å². The predicted molar refractivity (Wildman–Crippen MR) is 127 cm³/mol. The molecule has 6 nitrogen and oxygen atoms in total. The first-order valence-electron chi connectivity index (χ1n) is 10.4. The predicted octanol–water partition coefficient (Wildman–Crippen LogP) is 4.68. The fourth-order valence-corrected chi connectivity index (χ4v) is 5.41. The number of hydrogen-bond donors (Lipinski definition) is 3. The van der Waals surface area contributed by atoms with Crippen LogP contribution in [0.15, 0.2) is 52.6 Å². The van der Waals surface area contributed by atoms with Crippen molar-refractivity contribution in [2.75, 3.05) is 0 Å². The lowest BCUT2D eigenvalue weighted by molar-refractivity contribution is -0.0561. The molecule has 0 radical (unpaired) electrons. The Balaban J connectivity index is 2.16. The molecule has 0 aliphatic heterocycles. The molecule has 3 rings (SSSR count). The Kier molecular flexibility index (Phi) is 7.67. The number of hydrogen-bond acceptors (Lipinski definition) is 5. The summed E-state index contributed by atoms with van der Waals surface area (Å²) in [6.07, 6.45) is 1.99. The third kappa shape index (κ3) is 5.18. The van der Waals surface area contributed by atoms with E-state index in [1.54, 1.807) is 25.4 Å². The number of nitrogens with zero attached hydrogens (tertiary/aromatic N) is 2. The van der Waals surface area contributed by atoms with Crippen molar-refractivity contribution in [1.82, 2.24) is 9.55 Å². The number of nitrogens with two attached hydrogens (primary N) is 1. The summed E-state index contributed by atoms with van der Waals surface area (Å²) in [4.78, 5) is 17.3. The minimum absolute atomic E-state index is 0.0641. The van der Waals surface area contributed by atoms with Crippen molar-refractivity contribution >= 4 is 29.3 Å². The Morgan fingerprint density at radius 2 is 1.84 bits per heavy atom. The standard InChI is InChI=1S/C24H28ClN3O3S/c1-13(2)20-21(22(26)29)15(4)28(12-16-5-7-27-8-6-16)23(20)32-19-10-17(9-18(25)11-19)14(3)24(30)31/h5-11,13-14,24,30-31H,12H2,1-4H3,(H2,26,29)/t14-/m1/s1. The first-order valence-corrected chi connectivity index (χ1v) is 11.6. The monoisotopic (exact) mass is 473 g/mol. The third-order valence-electron chi connectivity index (χ3n) is 5.51. The van der Waals surface area contributed by atoms with Crippen molar-refractivity contribution in [2.45, 2.75) is 62.3 Å². The van der Waals surface area contributed by atoms with Gasteiger partial charge in [0.15, 0.2) is 6.29 Å². The maximum atomic E-state index is 12.4. The molecule has 0 aliphatic rings. The highest BCUT2D eigenvalue weighted by Crippen LogP contribution is 2.41. The van der Waals surface area contributed by atoms with E-state index in [-0.39, 0.29) is 5.92 Å². The van der Waals surface area contributed by atoms with Crippen molar-refractivity contribution in [3.8, 4) is 0 Å². The third-order valence-corrected chi connectivity index (χ3v) is 6.83. The summed E-state index contributed by atoms with van der Waals surface area (Å²) >= 11 is 7.85. The molecule has 0 spiro atoms. The van der Waals surface area contributed by atoms with E-state index in [4.69, 9.17) is 17.3 Å². The summed E-state index contributed by atoms with van der Waals surface area (Å²) in [6, 6.07) is 9.34. The highest BCUT2D eigenvalue weighted by Gasteiger charge is 2.27. The van der Waals surface area contributed by atoms with Crippen molar-refractivity contribution in [3.63, 3.8) is 0 Å². The van der Waals surface area contributed by atoms with E-state index in [0.717, 1.165) is 32.3 Å². The van der Waals surface area contributed by atoms with Gasteiger partial charge in [0.05, 0.1) is 10.6 Å². The summed E-state index contributed by atoms with van der Waals surface area (Å²) in [5.74, 6) is -0.885. The van der Waals surface area contributed by atoms with E-state index in [1.165, 1.54) is 11.8 Å². The van der Waals surface area contributed by atoms with E-state index in [2.05, 4.69) is 9.55 Å². The second-order valence-electron chi connectivity index (χ2n) is 8.16. The summed E-state index contributed by atoms with van der Waals surface area (Å²) in [5.41, 5.74) is 9.81. The van der Waals surface area contributed by atoms with Crippen LogP contribution in [0.5, 0.6) is 0 Å². The first kappa shape index (κ1) is 24.3. The number of pyridine rings is 1. The van der Waals surface area contributed by atoms with Gasteiger partial charge in [-0.3, -0.25) is 9.78 Å². The van der Waals surface area contributed by atoms with Crippen molar-refractivity contribution in [2.24, 2.45) is 5.73 Å². The zero-order chi connectivity index (χ0) is 23.6. The van der Waals surface area contributed by atoms with Gasteiger partial charge in [0.25, 0.3) is 5.91 Å². The average Bonchev–Trinajstić information content (AvgIpc) is 2.99. The Morgan fingerprint density at radius 3 is 2.41 bits per heavy atom. The van der Waals surface area contributed by atoms with Crippen LogP contribution in [-0.4, -0.2) is 32.0 Å². The number of carbonyl (C=O) groups excluding carboxylic acids is 1. The minimum atomic E-state index is -1.49. The van der Waals surface area contributed by atoms with Crippen LogP contribution in [-0.2, 0) is 6.54 Å². The lowest BCUT2D eigenvalue weighted by Gasteiger charge is -2.17. The molecule has 0 bridgehead atoms. The van der Waals surface area contributed by atoms with Gasteiger partial charge in [-0.25, -0.2) is 0 Å². The zero-order valence-corrected chi connectivity index (χ0v) is 20.1. The molecule has 4 N–H and O–H groups in total. The molecule has 1 aromatic carbocycles. The molecular weight excluding hydrogens is 446 g/mol. The van der Waals surface area contributed by atoms with Crippen LogP contribution in [0, 0.1) is 6.92 Å². The number of benzene rings is 1. The Morgan fingerprint density at radius 1 is 1.19 bits per heavy atom. The van der Waals surface area contributed by atoms with Crippen molar-refractivity contribution in [1.29, 1.82) is 0 Å². The maximum absolute atomic E-state index is 12.4. The summed E-state index contributed by atoms with van der Waals surface area (Å²) in [6.45, 7) is 8.27. The summed E-state index contributed by atoms with van der Waals surface area (Å²) in [7, 11) is 0. The molecule has 170 valence electrons. The van der Waals surface area contributed by atoms with Crippen LogP contribution in [0.2, 0.25) is 5.02 Å².